The van der Waals surface area contributed by atoms with Crippen LogP contribution < -0.4 is 10.6 Å². The van der Waals surface area contributed by atoms with E-state index in [2.05, 4.69) is 15.6 Å². The number of nitrogens with one attached hydrogen (secondary N) is 2. The van der Waals surface area contributed by atoms with Gasteiger partial charge < -0.3 is 15.4 Å². The Morgan fingerprint density at radius 3 is 2.94 bits per heavy atom. The molecule has 17 heavy (non-hydrogen) atoms. The summed E-state index contributed by atoms with van der Waals surface area (Å²) in [6, 6.07) is 0. The van der Waals surface area contributed by atoms with Gasteiger partial charge in [0.25, 0.3) is 0 Å². The van der Waals surface area contributed by atoms with E-state index in [1.54, 1.807) is 19.4 Å². The van der Waals surface area contributed by atoms with Crippen LogP contribution in [0.1, 0.15) is 12.6 Å². The molecule has 0 saturated carbocycles. The SMILES string of the molecule is CCOC(=O)Cc1csc(NCC(=O)NC)n1. The summed E-state index contributed by atoms with van der Waals surface area (Å²) < 4.78 is 4.81. The van der Waals surface area contributed by atoms with Crippen LogP contribution in [0.25, 0.3) is 0 Å². The number of nitrogens with zero attached hydrogens (tertiary/aromatic N) is 1. The van der Waals surface area contributed by atoms with Crippen LogP contribution in [0, 0.1) is 0 Å². The second-order valence-electron chi connectivity index (χ2n) is 3.15. The number of ether oxygens (including phenoxy) is 1. The Morgan fingerprint density at radius 2 is 2.29 bits per heavy atom. The average Bonchev–Trinajstić information content (AvgIpc) is 2.74. The Kier molecular flexibility index (Phi) is 5.41. The number of amides is 1. The van der Waals surface area contributed by atoms with Gasteiger partial charge in [0.2, 0.25) is 5.91 Å². The van der Waals surface area contributed by atoms with Gasteiger partial charge in [0.05, 0.1) is 25.3 Å². The molecule has 0 aliphatic heterocycles. The minimum atomic E-state index is -0.296. The molecule has 0 radical (unpaired) electrons. The van der Waals surface area contributed by atoms with Crippen molar-refractivity contribution in [2.45, 2.75) is 13.3 Å². The minimum absolute atomic E-state index is 0.118. The zero-order valence-corrected chi connectivity index (χ0v) is 10.6. The summed E-state index contributed by atoms with van der Waals surface area (Å²) in [6.45, 7) is 2.29. The average molecular weight is 257 g/mol. The van der Waals surface area contributed by atoms with Crippen LogP contribution in [0.2, 0.25) is 0 Å². The molecule has 6 nitrogen and oxygen atoms in total. The molecule has 0 spiro atoms. The van der Waals surface area contributed by atoms with Crippen molar-refractivity contribution in [1.82, 2.24) is 10.3 Å². The van der Waals surface area contributed by atoms with E-state index in [1.165, 1.54) is 11.3 Å². The van der Waals surface area contributed by atoms with Gasteiger partial charge in [-0.15, -0.1) is 11.3 Å². The Labute approximate surface area is 103 Å². The highest BCUT2D eigenvalue weighted by Gasteiger charge is 2.08. The topological polar surface area (TPSA) is 80.3 Å². The van der Waals surface area contributed by atoms with Crippen LogP contribution >= 0.6 is 11.3 Å². The van der Waals surface area contributed by atoms with E-state index in [0.29, 0.717) is 17.4 Å². The summed E-state index contributed by atoms with van der Waals surface area (Å²) in [4.78, 5) is 26.3. The summed E-state index contributed by atoms with van der Waals surface area (Å²) >= 11 is 1.35. The van der Waals surface area contributed by atoms with Crippen LogP contribution in [0.4, 0.5) is 5.13 Å². The normalized spacial score (nSPS) is 9.76. The molecule has 0 atom stereocenters. The number of carbonyl (C=O) groups is 2. The first-order chi connectivity index (χ1) is 8.15. The van der Waals surface area contributed by atoms with Gasteiger partial charge in [-0.25, -0.2) is 4.98 Å². The molecule has 0 bridgehead atoms. The van der Waals surface area contributed by atoms with Gasteiger partial charge in [0.15, 0.2) is 5.13 Å². The Balaban J connectivity index is 2.42. The van der Waals surface area contributed by atoms with Crippen molar-refractivity contribution in [3.8, 4) is 0 Å². The molecule has 0 unspecified atom stereocenters. The van der Waals surface area contributed by atoms with Crippen molar-refractivity contribution in [3.63, 3.8) is 0 Å². The fraction of sp³-hybridized carbons (Fsp3) is 0.500. The number of hydrogen-bond acceptors (Lipinski definition) is 6. The van der Waals surface area contributed by atoms with Gasteiger partial charge in [-0.05, 0) is 6.92 Å². The lowest BCUT2D eigenvalue weighted by Crippen LogP contribution is -2.26. The zero-order valence-electron chi connectivity index (χ0n) is 9.78. The molecule has 1 rings (SSSR count). The van der Waals surface area contributed by atoms with Crippen molar-refractivity contribution < 1.29 is 14.3 Å². The molecule has 1 heterocycles. The van der Waals surface area contributed by atoms with Gasteiger partial charge in [-0.2, -0.15) is 0 Å². The highest BCUT2D eigenvalue weighted by Crippen LogP contribution is 2.15. The van der Waals surface area contributed by atoms with E-state index < -0.39 is 0 Å². The molecule has 1 amide bonds. The Hall–Kier alpha value is -1.63. The zero-order chi connectivity index (χ0) is 12.7. The summed E-state index contributed by atoms with van der Waals surface area (Å²) in [5, 5.41) is 7.74. The number of esters is 1. The van der Waals surface area contributed by atoms with Crippen molar-refractivity contribution in [2.24, 2.45) is 0 Å². The molecule has 1 aromatic heterocycles. The van der Waals surface area contributed by atoms with Crippen molar-refractivity contribution in [2.75, 3.05) is 25.5 Å². The molecule has 0 aliphatic rings. The third-order valence-corrected chi connectivity index (χ3v) is 2.71. The molecule has 0 aliphatic carbocycles. The van der Waals surface area contributed by atoms with E-state index in [4.69, 9.17) is 4.74 Å². The number of hydrogen-bond donors (Lipinski definition) is 2. The summed E-state index contributed by atoms with van der Waals surface area (Å²) in [7, 11) is 1.57. The quantitative estimate of drug-likeness (QED) is 0.721. The third-order valence-electron chi connectivity index (χ3n) is 1.86. The van der Waals surface area contributed by atoms with Crippen LogP contribution in [-0.4, -0.2) is 37.1 Å². The van der Waals surface area contributed by atoms with Crippen molar-refractivity contribution >= 4 is 28.3 Å². The molecule has 94 valence electrons. The number of carbonyl (C=O) groups excluding carboxylic acids is 2. The highest BCUT2D eigenvalue weighted by molar-refractivity contribution is 7.13. The van der Waals surface area contributed by atoms with Crippen LogP contribution in [-0.2, 0) is 20.7 Å². The van der Waals surface area contributed by atoms with Gasteiger partial charge in [0.1, 0.15) is 0 Å². The lowest BCUT2D eigenvalue weighted by molar-refractivity contribution is -0.142. The smallest absolute Gasteiger partial charge is 0.311 e. The minimum Gasteiger partial charge on any atom is -0.466 e. The van der Waals surface area contributed by atoms with Crippen LogP contribution in [0.3, 0.4) is 0 Å². The maximum atomic E-state index is 11.2. The van der Waals surface area contributed by atoms with Crippen molar-refractivity contribution in [1.29, 1.82) is 0 Å². The second kappa shape index (κ2) is 6.85. The van der Waals surface area contributed by atoms with Gasteiger partial charge >= 0.3 is 5.97 Å². The van der Waals surface area contributed by atoms with Crippen LogP contribution in [0.5, 0.6) is 0 Å². The summed E-state index contributed by atoms with van der Waals surface area (Å²) in [6.07, 6.45) is 0.159. The van der Waals surface area contributed by atoms with Gasteiger partial charge in [-0.1, -0.05) is 0 Å². The predicted octanol–water partition coefficient (Wildman–Crippen LogP) is 0.407. The van der Waals surface area contributed by atoms with Gasteiger partial charge in [0, 0.05) is 12.4 Å². The molecule has 1 aromatic rings. The number of thiazole rings is 1. The number of anilines is 1. The highest BCUT2D eigenvalue weighted by atomic mass is 32.1. The monoisotopic (exact) mass is 257 g/mol. The standard InChI is InChI=1S/C10H15N3O3S/c1-3-16-9(15)4-7-6-17-10(13-7)12-5-8(14)11-2/h6H,3-5H2,1-2H3,(H,11,14)(H,12,13). The fourth-order valence-corrected chi connectivity index (χ4v) is 1.78. The maximum Gasteiger partial charge on any atom is 0.311 e. The molecule has 0 aromatic carbocycles. The van der Waals surface area contributed by atoms with Crippen molar-refractivity contribution in [3.05, 3.63) is 11.1 Å². The van der Waals surface area contributed by atoms with E-state index in [1.807, 2.05) is 0 Å². The lowest BCUT2D eigenvalue weighted by atomic mass is 10.3. The number of likely N-dealkylation sites (N-methyl/N-ethyl adjacent to an activating group) is 1. The predicted molar refractivity (Wildman–Crippen MR) is 65.0 cm³/mol. The third kappa shape index (κ3) is 4.81. The fourth-order valence-electron chi connectivity index (χ4n) is 1.07. The second-order valence-corrected chi connectivity index (χ2v) is 4.01. The molecule has 7 heteroatoms. The Bertz CT molecular complexity index is 392. The summed E-state index contributed by atoms with van der Waals surface area (Å²) in [5.74, 6) is -0.414. The lowest BCUT2D eigenvalue weighted by Gasteiger charge is -2.00. The Morgan fingerprint density at radius 1 is 1.53 bits per heavy atom. The van der Waals surface area contributed by atoms with Crippen LogP contribution in [0.15, 0.2) is 5.38 Å². The van der Waals surface area contributed by atoms with E-state index in [-0.39, 0.29) is 24.8 Å². The molecular formula is C10H15N3O3S. The summed E-state index contributed by atoms with van der Waals surface area (Å²) in [5.41, 5.74) is 0.646. The molecule has 0 saturated heterocycles. The first-order valence-electron chi connectivity index (χ1n) is 5.20. The molecule has 0 fully saturated rings. The molecule has 2 N–H and O–H groups in total. The first kappa shape index (κ1) is 13.4. The van der Waals surface area contributed by atoms with E-state index in [9.17, 15) is 9.59 Å². The molecular weight excluding hydrogens is 242 g/mol. The first-order valence-corrected chi connectivity index (χ1v) is 6.08. The largest absolute Gasteiger partial charge is 0.466 e. The maximum absolute atomic E-state index is 11.2. The van der Waals surface area contributed by atoms with Gasteiger partial charge in [-0.3, -0.25) is 9.59 Å². The van der Waals surface area contributed by atoms with E-state index in [0.717, 1.165) is 0 Å². The van der Waals surface area contributed by atoms with E-state index >= 15 is 0 Å². The number of rotatable bonds is 6. The number of aromatic nitrogens is 1.